The molecule has 132 valence electrons. The summed E-state index contributed by atoms with van der Waals surface area (Å²) in [6, 6.07) is 3.32. The highest BCUT2D eigenvalue weighted by Gasteiger charge is 2.23. The molecule has 7 nitrogen and oxygen atoms in total. The number of hydrogen-bond donors (Lipinski definition) is 1. The van der Waals surface area contributed by atoms with Crippen molar-refractivity contribution in [2.45, 2.75) is 32.1 Å². The van der Waals surface area contributed by atoms with Crippen LogP contribution in [0.4, 0.5) is 0 Å². The summed E-state index contributed by atoms with van der Waals surface area (Å²) in [7, 11) is -3.31. The third kappa shape index (κ3) is 5.68. The molecular formula is C16H23N3O4S. The van der Waals surface area contributed by atoms with Crippen molar-refractivity contribution in [2.24, 2.45) is 0 Å². The Kier molecular flexibility index (Phi) is 6.86. The summed E-state index contributed by atoms with van der Waals surface area (Å²) in [6.45, 7) is 1.20. The molecule has 2 rings (SSSR count). The number of sulfonamides is 1. The Hall–Kier alpha value is -1.80. The minimum absolute atomic E-state index is 0.0392. The standard InChI is InChI=1S/C16H23N3O4S/c20-15(14-5-4-8-17-13-14)6-7-16(21)18-9-12-24(22,23)19-10-2-1-3-11-19/h4-5,8,13H,1-3,6-7,9-12H2,(H,18,21). The van der Waals surface area contributed by atoms with Crippen molar-refractivity contribution in [1.82, 2.24) is 14.6 Å². The summed E-state index contributed by atoms with van der Waals surface area (Å²) in [5, 5.41) is 2.57. The quantitative estimate of drug-likeness (QED) is 0.703. The lowest BCUT2D eigenvalue weighted by atomic mass is 10.1. The zero-order valence-corrected chi connectivity index (χ0v) is 14.4. The van der Waals surface area contributed by atoms with E-state index in [4.69, 9.17) is 0 Å². The average Bonchev–Trinajstić information content (AvgIpc) is 2.61. The Morgan fingerprint density at radius 2 is 1.92 bits per heavy atom. The zero-order chi connectivity index (χ0) is 17.4. The molecule has 1 aliphatic rings. The van der Waals surface area contributed by atoms with Crippen molar-refractivity contribution >= 4 is 21.7 Å². The van der Waals surface area contributed by atoms with Gasteiger partial charge < -0.3 is 5.32 Å². The molecule has 2 heterocycles. The predicted octanol–water partition coefficient (Wildman–Crippen LogP) is 0.976. The summed E-state index contributed by atoms with van der Waals surface area (Å²) < 4.78 is 25.8. The average molecular weight is 353 g/mol. The lowest BCUT2D eigenvalue weighted by molar-refractivity contribution is -0.120. The molecule has 0 saturated carbocycles. The number of aromatic nitrogens is 1. The highest BCUT2D eigenvalue weighted by atomic mass is 32.2. The van der Waals surface area contributed by atoms with Crippen LogP contribution >= 0.6 is 0 Å². The molecule has 1 N–H and O–H groups in total. The summed E-state index contributed by atoms with van der Waals surface area (Å²) in [4.78, 5) is 27.5. The van der Waals surface area contributed by atoms with Crippen molar-refractivity contribution in [2.75, 3.05) is 25.4 Å². The Labute approximate surface area is 142 Å². The smallest absolute Gasteiger partial charge is 0.220 e. The zero-order valence-electron chi connectivity index (χ0n) is 13.6. The van der Waals surface area contributed by atoms with Gasteiger partial charge in [0.15, 0.2) is 5.78 Å². The summed E-state index contributed by atoms with van der Waals surface area (Å²) in [5.74, 6) is -0.574. The van der Waals surface area contributed by atoms with Gasteiger partial charge in [-0.25, -0.2) is 12.7 Å². The molecule has 0 aliphatic carbocycles. The van der Waals surface area contributed by atoms with Gasteiger partial charge in [-0.2, -0.15) is 0 Å². The maximum Gasteiger partial charge on any atom is 0.220 e. The topological polar surface area (TPSA) is 96.4 Å². The molecule has 0 bridgehead atoms. The fraction of sp³-hybridized carbons (Fsp3) is 0.562. The first kappa shape index (κ1) is 18.5. The van der Waals surface area contributed by atoms with Crippen LogP contribution in [0.3, 0.4) is 0 Å². The molecule has 0 radical (unpaired) electrons. The first-order valence-electron chi connectivity index (χ1n) is 8.17. The Morgan fingerprint density at radius 3 is 2.58 bits per heavy atom. The number of nitrogens with one attached hydrogen (secondary N) is 1. The van der Waals surface area contributed by atoms with Crippen molar-refractivity contribution < 1.29 is 18.0 Å². The van der Waals surface area contributed by atoms with Crippen molar-refractivity contribution in [1.29, 1.82) is 0 Å². The van der Waals surface area contributed by atoms with E-state index in [-0.39, 0.29) is 36.8 Å². The first-order chi connectivity index (χ1) is 11.5. The molecule has 0 unspecified atom stereocenters. The second kappa shape index (κ2) is 8.89. The lowest BCUT2D eigenvalue weighted by Gasteiger charge is -2.25. The van der Waals surface area contributed by atoms with Gasteiger partial charge in [-0.05, 0) is 25.0 Å². The van der Waals surface area contributed by atoms with Gasteiger partial charge in [0.05, 0.1) is 5.75 Å². The van der Waals surface area contributed by atoms with E-state index < -0.39 is 10.0 Å². The number of amides is 1. The molecule has 0 aromatic carbocycles. The van der Waals surface area contributed by atoms with Crippen LogP contribution in [0.25, 0.3) is 0 Å². The van der Waals surface area contributed by atoms with Crippen LogP contribution in [-0.4, -0.2) is 54.8 Å². The van der Waals surface area contributed by atoms with Gasteiger partial charge in [-0.1, -0.05) is 6.42 Å². The molecule has 1 saturated heterocycles. The summed E-state index contributed by atoms with van der Waals surface area (Å²) in [6.07, 6.45) is 6.00. The molecule has 0 atom stereocenters. The highest BCUT2D eigenvalue weighted by molar-refractivity contribution is 7.89. The molecule has 1 amide bonds. The van der Waals surface area contributed by atoms with Crippen molar-refractivity contribution in [3.63, 3.8) is 0 Å². The summed E-state index contributed by atoms with van der Waals surface area (Å²) in [5.41, 5.74) is 0.470. The van der Waals surface area contributed by atoms with Crippen LogP contribution in [0.15, 0.2) is 24.5 Å². The van der Waals surface area contributed by atoms with E-state index in [2.05, 4.69) is 10.3 Å². The van der Waals surface area contributed by atoms with Crippen LogP contribution < -0.4 is 5.32 Å². The Balaban J connectivity index is 1.68. The number of nitrogens with zero attached hydrogens (tertiary/aromatic N) is 2. The second-order valence-electron chi connectivity index (χ2n) is 5.79. The Bertz CT molecular complexity index is 655. The van der Waals surface area contributed by atoms with Gasteiger partial charge in [0, 0.05) is 50.4 Å². The molecule has 1 aromatic rings. The van der Waals surface area contributed by atoms with E-state index in [1.54, 1.807) is 18.3 Å². The minimum atomic E-state index is -3.31. The molecule has 1 fully saturated rings. The fourth-order valence-corrected chi connectivity index (χ4v) is 4.01. The number of rotatable bonds is 8. The number of pyridine rings is 1. The van der Waals surface area contributed by atoms with Gasteiger partial charge in [0.25, 0.3) is 0 Å². The lowest BCUT2D eigenvalue weighted by Crippen LogP contribution is -2.40. The molecule has 0 spiro atoms. The maximum absolute atomic E-state index is 12.1. The number of piperidine rings is 1. The maximum atomic E-state index is 12.1. The third-order valence-corrected chi connectivity index (χ3v) is 5.83. The predicted molar refractivity (Wildman–Crippen MR) is 90.0 cm³/mol. The number of hydrogen-bond acceptors (Lipinski definition) is 5. The van der Waals surface area contributed by atoms with Gasteiger partial charge in [-0.15, -0.1) is 0 Å². The minimum Gasteiger partial charge on any atom is -0.355 e. The normalized spacial score (nSPS) is 15.8. The number of Topliss-reactive ketones (excluding diaryl/α,β-unsaturated/α-hetero) is 1. The Morgan fingerprint density at radius 1 is 1.17 bits per heavy atom. The van der Waals surface area contributed by atoms with E-state index in [1.807, 2.05) is 0 Å². The monoisotopic (exact) mass is 353 g/mol. The molecule has 24 heavy (non-hydrogen) atoms. The van der Waals surface area contributed by atoms with Gasteiger partial charge in [0.2, 0.25) is 15.9 Å². The third-order valence-electron chi connectivity index (χ3n) is 3.95. The highest BCUT2D eigenvalue weighted by Crippen LogP contribution is 2.13. The first-order valence-corrected chi connectivity index (χ1v) is 9.78. The molecule has 8 heteroatoms. The van der Waals surface area contributed by atoms with E-state index in [9.17, 15) is 18.0 Å². The van der Waals surface area contributed by atoms with E-state index in [0.717, 1.165) is 19.3 Å². The molecular weight excluding hydrogens is 330 g/mol. The van der Waals surface area contributed by atoms with Crippen LogP contribution in [0.5, 0.6) is 0 Å². The number of ketones is 1. The van der Waals surface area contributed by atoms with E-state index >= 15 is 0 Å². The van der Waals surface area contributed by atoms with E-state index in [0.29, 0.717) is 18.7 Å². The van der Waals surface area contributed by atoms with Crippen LogP contribution in [0.2, 0.25) is 0 Å². The summed E-state index contributed by atoms with van der Waals surface area (Å²) >= 11 is 0. The fourth-order valence-electron chi connectivity index (χ4n) is 2.58. The van der Waals surface area contributed by atoms with Crippen LogP contribution in [0, 0.1) is 0 Å². The number of carbonyl (C=O) groups excluding carboxylic acids is 2. The SMILES string of the molecule is O=C(CCC(=O)c1cccnc1)NCCS(=O)(=O)N1CCCCC1. The van der Waals surface area contributed by atoms with Gasteiger partial charge in [-0.3, -0.25) is 14.6 Å². The van der Waals surface area contributed by atoms with Gasteiger partial charge in [0.1, 0.15) is 0 Å². The van der Waals surface area contributed by atoms with Crippen molar-refractivity contribution in [3.05, 3.63) is 30.1 Å². The van der Waals surface area contributed by atoms with Crippen molar-refractivity contribution in [3.8, 4) is 0 Å². The number of carbonyl (C=O) groups is 2. The largest absolute Gasteiger partial charge is 0.355 e. The van der Waals surface area contributed by atoms with Gasteiger partial charge >= 0.3 is 0 Å². The molecule has 1 aliphatic heterocycles. The molecule has 1 aromatic heterocycles. The van der Waals surface area contributed by atoms with Crippen LogP contribution in [0.1, 0.15) is 42.5 Å². The van der Waals surface area contributed by atoms with Crippen LogP contribution in [-0.2, 0) is 14.8 Å². The second-order valence-corrected chi connectivity index (χ2v) is 7.88. The van der Waals surface area contributed by atoms with E-state index in [1.165, 1.54) is 10.5 Å².